The van der Waals surface area contributed by atoms with Crippen LogP contribution < -0.4 is 10.3 Å². The Bertz CT molecular complexity index is 1460. The number of aryl methyl sites for hydroxylation is 2. The molecule has 0 saturated carbocycles. The van der Waals surface area contributed by atoms with Crippen molar-refractivity contribution in [3.63, 3.8) is 0 Å². The van der Waals surface area contributed by atoms with Gasteiger partial charge in [-0.15, -0.1) is 0 Å². The summed E-state index contributed by atoms with van der Waals surface area (Å²) in [5, 5.41) is 1.14. The average molecular weight is 518 g/mol. The van der Waals surface area contributed by atoms with Crippen LogP contribution in [0.3, 0.4) is 0 Å². The highest BCUT2D eigenvalue weighted by Gasteiger charge is 2.27. The molecule has 1 heterocycles. The summed E-state index contributed by atoms with van der Waals surface area (Å²) in [5.74, 6) is 0.913. The average Bonchev–Trinajstić information content (AvgIpc) is 2.90. The highest BCUT2D eigenvalue weighted by atomic mass is 35.5. The van der Waals surface area contributed by atoms with Crippen LogP contribution in [0.1, 0.15) is 49.7 Å². The van der Waals surface area contributed by atoms with Gasteiger partial charge in [0, 0.05) is 11.6 Å². The Labute approximate surface area is 222 Å². The lowest BCUT2D eigenvalue weighted by Crippen LogP contribution is -2.40. The predicted molar refractivity (Wildman–Crippen MR) is 149 cm³/mol. The van der Waals surface area contributed by atoms with Crippen LogP contribution in [-0.4, -0.2) is 33.5 Å². The quantitative estimate of drug-likeness (QED) is 0.257. The van der Waals surface area contributed by atoms with Crippen molar-refractivity contribution in [3.8, 4) is 11.4 Å². The molecule has 7 heteroatoms. The lowest BCUT2D eigenvalue weighted by Gasteiger charge is -2.31. The number of unbranched alkanes of at least 4 members (excludes halogenated alkanes) is 1. The number of hydrogen-bond donors (Lipinski definition) is 0. The maximum Gasteiger partial charge on any atom is 0.266 e. The molecular weight excluding hydrogens is 486 g/mol. The molecule has 0 radical (unpaired) electrons. The molecule has 3 aromatic carbocycles. The third-order valence-electron chi connectivity index (χ3n) is 6.50. The number of para-hydroxylation sites is 1. The summed E-state index contributed by atoms with van der Waals surface area (Å²) in [4.78, 5) is 34.0. The van der Waals surface area contributed by atoms with Gasteiger partial charge < -0.3 is 9.64 Å². The number of ether oxygens (including phenoxy) is 1. The maximum atomic E-state index is 13.8. The van der Waals surface area contributed by atoms with Crippen molar-refractivity contribution in [2.75, 3.05) is 13.2 Å². The summed E-state index contributed by atoms with van der Waals surface area (Å²) in [6.45, 7) is 8.38. The number of benzene rings is 3. The Morgan fingerprint density at radius 2 is 1.81 bits per heavy atom. The first kappa shape index (κ1) is 26.4. The van der Waals surface area contributed by atoms with Crippen LogP contribution in [0.15, 0.2) is 71.5 Å². The van der Waals surface area contributed by atoms with Crippen molar-refractivity contribution in [1.29, 1.82) is 0 Å². The molecule has 0 aliphatic rings. The van der Waals surface area contributed by atoms with Crippen molar-refractivity contribution in [2.24, 2.45) is 0 Å². The molecular formula is C30H32ClN3O3. The predicted octanol–water partition coefficient (Wildman–Crippen LogP) is 6.42. The Hall–Kier alpha value is -3.64. The molecule has 0 aliphatic heterocycles. The van der Waals surface area contributed by atoms with Crippen molar-refractivity contribution in [1.82, 2.24) is 14.5 Å². The monoisotopic (exact) mass is 517 g/mol. The number of carbonyl (C=O) groups excluding carboxylic acids is 1. The number of fused-ring (bicyclic) bond motifs is 1. The smallest absolute Gasteiger partial charge is 0.266 e. The molecule has 1 atom stereocenters. The highest BCUT2D eigenvalue weighted by Crippen LogP contribution is 2.26. The summed E-state index contributed by atoms with van der Waals surface area (Å²) in [6.07, 6.45) is 1.74. The van der Waals surface area contributed by atoms with Crippen molar-refractivity contribution < 1.29 is 9.53 Å². The van der Waals surface area contributed by atoms with Gasteiger partial charge in [0.25, 0.3) is 11.5 Å². The number of aromatic nitrogens is 2. The van der Waals surface area contributed by atoms with E-state index in [1.165, 1.54) is 0 Å². The minimum atomic E-state index is -0.468. The number of carbonyl (C=O) groups is 1. The van der Waals surface area contributed by atoms with E-state index < -0.39 is 6.04 Å². The molecule has 1 aromatic heterocycles. The molecule has 1 amide bonds. The Balaban J connectivity index is 1.78. The minimum absolute atomic E-state index is 0.128. The molecule has 6 nitrogen and oxygen atoms in total. The summed E-state index contributed by atoms with van der Waals surface area (Å²) >= 11 is 5.97. The Kier molecular flexibility index (Phi) is 8.29. The van der Waals surface area contributed by atoms with E-state index in [4.69, 9.17) is 21.3 Å². The molecule has 0 fully saturated rings. The summed E-state index contributed by atoms with van der Waals surface area (Å²) < 4.78 is 7.44. The maximum absolute atomic E-state index is 13.8. The Morgan fingerprint density at radius 3 is 2.54 bits per heavy atom. The molecule has 4 aromatic rings. The number of nitrogens with zero attached hydrogens (tertiary/aromatic N) is 3. The van der Waals surface area contributed by atoms with Gasteiger partial charge in [-0.1, -0.05) is 49.2 Å². The molecule has 1 unspecified atom stereocenters. The summed E-state index contributed by atoms with van der Waals surface area (Å²) in [5.41, 5.74) is 3.22. The molecule has 192 valence electrons. The fraction of sp³-hybridized carbons (Fsp3) is 0.300. The fourth-order valence-electron chi connectivity index (χ4n) is 4.38. The third kappa shape index (κ3) is 5.86. The van der Waals surface area contributed by atoms with E-state index in [-0.39, 0.29) is 18.1 Å². The van der Waals surface area contributed by atoms with Gasteiger partial charge in [0.2, 0.25) is 0 Å². The molecule has 0 N–H and O–H groups in total. The number of hydrogen-bond acceptors (Lipinski definition) is 4. The van der Waals surface area contributed by atoms with Crippen LogP contribution in [0.2, 0.25) is 5.02 Å². The van der Waals surface area contributed by atoms with Crippen LogP contribution in [0, 0.1) is 13.8 Å². The van der Waals surface area contributed by atoms with E-state index in [2.05, 4.69) is 6.92 Å². The van der Waals surface area contributed by atoms with Crippen molar-refractivity contribution in [2.45, 2.75) is 46.6 Å². The SMILES string of the molecule is CCCCN(C(=O)COc1ccc(Cl)cc1)C(C)c1nc2ccccc2c(=O)n1-c1cc(C)ccc1C. The fourth-order valence-corrected chi connectivity index (χ4v) is 4.51. The van der Waals surface area contributed by atoms with Gasteiger partial charge >= 0.3 is 0 Å². The van der Waals surface area contributed by atoms with Crippen LogP contribution in [0.4, 0.5) is 0 Å². The zero-order chi connectivity index (χ0) is 26.5. The van der Waals surface area contributed by atoms with Gasteiger partial charge in [0.15, 0.2) is 6.61 Å². The zero-order valence-electron chi connectivity index (χ0n) is 21.7. The first-order valence-corrected chi connectivity index (χ1v) is 12.9. The number of halogens is 1. The second-order valence-corrected chi connectivity index (χ2v) is 9.71. The van der Waals surface area contributed by atoms with Gasteiger partial charge in [-0.3, -0.25) is 14.2 Å². The van der Waals surface area contributed by atoms with E-state index in [9.17, 15) is 9.59 Å². The van der Waals surface area contributed by atoms with Crippen LogP contribution in [-0.2, 0) is 4.79 Å². The van der Waals surface area contributed by atoms with Crippen molar-refractivity contribution in [3.05, 3.63) is 99.1 Å². The van der Waals surface area contributed by atoms with E-state index in [0.29, 0.717) is 34.0 Å². The van der Waals surface area contributed by atoms with E-state index in [0.717, 1.165) is 29.7 Å². The molecule has 37 heavy (non-hydrogen) atoms. The van der Waals surface area contributed by atoms with Crippen LogP contribution in [0.25, 0.3) is 16.6 Å². The number of rotatable bonds is 9. The van der Waals surface area contributed by atoms with E-state index in [1.807, 2.05) is 57.2 Å². The summed E-state index contributed by atoms with van der Waals surface area (Å²) in [7, 11) is 0. The summed E-state index contributed by atoms with van der Waals surface area (Å²) in [6, 6.07) is 19.8. The van der Waals surface area contributed by atoms with Crippen LogP contribution >= 0.6 is 11.6 Å². The third-order valence-corrected chi connectivity index (χ3v) is 6.75. The zero-order valence-corrected chi connectivity index (χ0v) is 22.5. The van der Waals surface area contributed by atoms with Gasteiger partial charge in [-0.2, -0.15) is 0 Å². The number of amides is 1. The van der Waals surface area contributed by atoms with Crippen molar-refractivity contribution >= 4 is 28.4 Å². The second kappa shape index (κ2) is 11.6. The van der Waals surface area contributed by atoms with Gasteiger partial charge in [0.1, 0.15) is 11.6 Å². The normalized spacial score (nSPS) is 11.9. The first-order chi connectivity index (χ1) is 17.8. The van der Waals surface area contributed by atoms with Gasteiger partial charge in [-0.05, 0) is 80.8 Å². The largest absolute Gasteiger partial charge is 0.484 e. The molecule has 0 aliphatic carbocycles. The van der Waals surface area contributed by atoms with Gasteiger partial charge in [0.05, 0.1) is 22.6 Å². The van der Waals surface area contributed by atoms with Gasteiger partial charge in [-0.25, -0.2) is 4.98 Å². The minimum Gasteiger partial charge on any atom is -0.484 e. The van der Waals surface area contributed by atoms with E-state index in [1.54, 1.807) is 39.8 Å². The molecule has 0 spiro atoms. The lowest BCUT2D eigenvalue weighted by molar-refractivity contribution is -0.135. The second-order valence-electron chi connectivity index (χ2n) is 9.28. The molecule has 4 rings (SSSR count). The highest BCUT2D eigenvalue weighted by molar-refractivity contribution is 6.30. The topological polar surface area (TPSA) is 64.4 Å². The van der Waals surface area contributed by atoms with E-state index >= 15 is 0 Å². The van der Waals surface area contributed by atoms with Crippen LogP contribution in [0.5, 0.6) is 5.75 Å². The molecule has 0 saturated heterocycles. The standard InChI is InChI=1S/C30H32ClN3O3/c1-5-6-17-33(28(35)19-37-24-15-13-23(31)14-16-24)22(4)29-32-26-10-8-7-9-25(26)30(36)34(29)27-18-20(2)11-12-21(27)3/h7-16,18,22H,5-6,17,19H2,1-4H3. The molecule has 0 bridgehead atoms. The Morgan fingerprint density at radius 1 is 1.08 bits per heavy atom. The lowest BCUT2D eigenvalue weighted by atomic mass is 10.1. The first-order valence-electron chi connectivity index (χ1n) is 12.6.